The van der Waals surface area contributed by atoms with E-state index in [9.17, 15) is 33.0 Å². The Morgan fingerprint density at radius 1 is 1.23 bits per heavy atom. The van der Waals surface area contributed by atoms with E-state index in [2.05, 4.69) is 0 Å². The van der Waals surface area contributed by atoms with Crippen LogP contribution in [0.25, 0.3) is 0 Å². The number of aliphatic carboxylic acids is 1. The van der Waals surface area contributed by atoms with Crippen molar-refractivity contribution in [1.29, 1.82) is 0 Å². The van der Waals surface area contributed by atoms with E-state index in [1.165, 1.54) is 7.11 Å². The number of hydrogen-bond donors (Lipinski definition) is 2. The Morgan fingerprint density at radius 3 is 2.51 bits per heavy atom. The Balaban J connectivity index is 1.84. The SMILES string of the molecule is COC(=O)CC[C@@]1(O)CC[C@H]2[C@H]3[C@H]([C@H](OS(C)(=O)=O)C[C@@]21C)[C@@]1(C)CCC(=O)C=C1C[C@H]3C(=O)O. The van der Waals surface area contributed by atoms with E-state index in [0.717, 1.165) is 11.8 Å². The first-order valence-corrected chi connectivity index (χ1v) is 14.1. The molecule has 0 bridgehead atoms. The smallest absolute Gasteiger partial charge is 0.307 e. The van der Waals surface area contributed by atoms with Crippen molar-refractivity contribution < 1.29 is 41.9 Å². The lowest BCUT2D eigenvalue weighted by atomic mass is 9.43. The molecular formula is C25H36O9S. The number of aliphatic hydroxyl groups is 1. The molecule has 0 aromatic heterocycles. The lowest BCUT2D eigenvalue weighted by Crippen LogP contribution is -2.63. The normalized spacial score (nSPS) is 42.9. The molecule has 0 aromatic carbocycles. The van der Waals surface area contributed by atoms with Crippen molar-refractivity contribution in [3.05, 3.63) is 11.6 Å². The maximum Gasteiger partial charge on any atom is 0.307 e. The largest absolute Gasteiger partial charge is 0.481 e. The van der Waals surface area contributed by atoms with Gasteiger partial charge in [0.1, 0.15) is 0 Å². The van der Waals surface area contributed by atoms with Crippen LogP contribution in [0.4, 0.5) is 0 Å². The minimum atomic E-state index is -3.90. The Hall–Kier alpha value is -1.78. The molecule has 0 unspecified atom stereocenters. The molecule has 0 radical (unpaired) electrons. The predicted molar refractivity (Wildman–Crippen MR) is 125 cm³/mol. The molecule has 0 saturated heterocycles. The molecule has 35 heavy (non-hydrogen) atoms. The number of carboxylic acid groups (broad SMARTS) is 1. The summed E-state index contributed by atoms with van der Waals surface area (Å²) in [4.78, 5) is 36.7. The molecular weight excluding hydrogens is 476 g/mol. The van der Waals surface area contributed by atoms with Crippen LogP contribution in [0, 0.1) is 34.5 Å². The third-order valence-corrected chi connectivity index (χ3v) is 10.4. The summed E-state index contributed by atoms with van der Waals surface area (Å²) >= 11 is 0. The van der Waals surface area contributed by atoms with Gasteiger partial charge in [-0.3, -0.25) is 18.6 Å². The molecule has 3 fully saturated rings. The molecule has 0 aliphatic heterocycles. The van der Waals surface area contributed by atoms with Crippen LogP contribution in [0.15, 0.2) is 11.6 Å². The van der Waals surface area contributed by atoms with E-state index in [1.54, 1.807) is 6.08 Å². The number of carboxylic acids is 1. The summed E-state index contributed by atoms with van der Waals surface area (Å²) in [5.41, 5.74) is -1.97. The van der Waals surface area contributed by atoms with Crippen LogP contribution in [-0.4, -0.2) is 61.4 Å². The van der Waals surface area contributed by atoms with Crippen LogP contribution < -0.4 is 0 Å². The number of ketones is 1. The average Bonchev–Trinajstić information content (AvgIpc) is 3.01. The van der Waals surface area contributed by atoms with Gasteiger partial charge in [0.15, 0.2) is 5.78 Å². The second kappa shape index (κ2) is 8.66. The number of fused-ring (bicyclic) bond motifs is 5. The van der Waals surface area contributed by atoms with Gasteiger partial charge < -0.3 is 14.9 Å². The lowest BCUT2D eigenvalue weighted by Gasteiger charge is -2.62. The molecule has 2 N–H and O–H groups in total. The highest BCUT2D eigenvalue weighted by atomic mass is 32.2. The highest BCUT2D eigenvalue weighted by molar-refractivity contribution is 7.86. The van der Waals surface area contributed by atoms with Crippen molar-refractivity contribution in [2.24, 2.45) is 34.5 Å². The molecule has 0 aromatic rings. The van der Waals surface area contributed by atoms with E-state index in [1.807, 2.05) is 13.8 Å². The average molecular weight is 513 g/mol. The molecule has 4 aliphatic rings. The fourth-order valence-corrected chi connectivity index (χ4v) is 8.76. The minimum Gasteiger partial charge on any atom is -0.481 e. The van der Waals surface area contributed by atoms with Crippen molar-refractivity contribution in [2.45, 2.75) is 76.9 Å². The molecule has 0 heterocycles. The standard InChI is InChI=1S/C25H36O9S/c1-23-8-5-15(26)11-14(23)12-16(22(28)29)20-17-6-9-25(30,10-7-19(27)33-3)24(17,2)13-18(21(20)23)34-35(4,31)32/h11,16-18,20-21,30H,5-10,12-13H2,1-4H3,(H,28,29)/t16-,17+,18-,20+,21+,23+,24+,25+/m1/s1. The van der Waals surface area contributed by atoms with Crippen LogP contribution >= 0.6 is 0 Å². The summed E-state index contributed by atoms with van der Waals surface area (Å²) in [5.74, 6) is -3.39. The third-order valence-electron chi connectivity index (χ3n) is 9.84. The van der Waals surface area contributed by atoms with Gasteiger partial charge in [0.2, 0.25) is 0 Å². The number of methoxy groups -OCH3 is 1. The van der Waals surface area contributed by atoms with Crippen LogP contribution in [0.1, 0.15) is 65.2 Å². The summed E-state index contributed by atoms with van der Waals surface area (Å²) in [7, 11) is -2.61. The molecule has 4 rings (SSSR count). The fraction of sp³-hybridized carbons (Fsp3) is 0.800. The molecule has 0 amide bonds. The third kappa shape index (κ3) is 4.25. The van der Waals surface area contributed by atoms with E-state index in [-0.39, 0.29) is 37.4 Å². The number of hydrogen-bond acceptors (Lipinski definition) is 8. The van der Waals surface area contributed by atoms with Gasteiger partial charge in [0.05, 0.1) is 31.0 Å². The van der Waals surface area contributed by atoms with Crippen LogP contribution in [-0.2, 0) is 33.4 Å². The summed E-state index contributed by atoms with van der Waals surface area (Å²) in [6.45, 7) is 3.88. The van der Waals surface area contributed by atoms with Gasteiger partial charge in [-0.05, 0) is 67.8 Å². The van der Waals surface area contributed by atoms with E-state index >= 15 is 0 Å². The first-order chi connectivity index (χ1) is 16.1. The van der Waals surface area contributed by atoms with Gasteiger partial charge in [-0.1, -0.05) is 19.4 Å². The Labute approximate surface area is 206 Å². The van der Waals surface area contributed by atoms with Crippen LogP contribution in [0.5, 0.6) is 0 Å². The number of esters is 1. The monoisotopic (exact) mass is 512 g/mol. The number of allylic oxidation sites excluding steroid dienone is 1. The summed E-state index contributed by atoms with van der Waals surface area (Å²) in [5, 5.41) is 22.1. The minimum absolute atomic E-state index is 0.01000. The highest BCUT2D eigenvalue weighted by Gasteiger charge is 2.69. The summed E-state index contributed by atoms with van der Waals surface area (Å²) in [6.07, 6.45) is 4.04. The number of carbonyl (C=O) groups is 3. The van der Waals surface area contributed by atoms with Gasteiger partial charge in [-0.2, -0.15) is 8.42 Å². The van der Waals surface area contributed by atoms with Crippen molar-refractivity contribution in [3.63, 3.8) is 0 Å². The zero-order valence-corrected chi connectivity index (χ0v) is 21.6. The molecule has 8 atom stereocenters. The van der Waals surface area contributed by atoms with E-state index < -0.39 is 62.3 Å². The zero-order valence-electron chi connectivity index (χ0n) is 20.8. The van der Waals surface area contributed by atoms with Gasteiger partial charge in [-0.25, -0.2) is 0 Å². The maximum atomic E-state index is 12.6. The molecule has 196 valence electrons. The quantitative estimate of drug-likeness (QED) is 0.405. The molecule has 9 nitrogen and oxygen atoms in total. The first-order valence-electron chi connectivity index (χ1n) is 12.3. The zero-order chi connectivity index (χ0) is 26.0. The van der Waals surface area contributed by atoms with Crippen LogP contribution in [0.3, 0.4) is 0 Å². The van der Waals surface area contributed by atoms with Gasteiger partial charge in [0.25, 0.3) is 10.1 Å². The van der Waals surface area contributed by atoms with Crippen molar-refractivity contribution in [3.8, 4) is 0 Å². The van der Waals surface area contributed by atoms with Crippen molar-refractivity contribution in [1.82, 2.24) is 0 Å². The second-order valence-corrected chi connectivity index (χ2v) is 13.1. The number of rotatable bonds is 6. The molecule has 10 heteroatoms. The van der Waals surface area contributed by atoms with E-state index in [4.69, 9.17) is 8.92 Å². The van der Waals surface area contributed by atoms with Crippen molar-refractivity contribution in [2.75, 3.05) is 13.4 Å². The van der Waals surface area contributed by atoms with Gasteiger partial charge >= 0.3 is 11.9 Å². The summed E-state index contributed by atoms with van der Waals surface area (Å²) < 4.78 is 35.2. The Kier molecular flexibility index (Phi) is 6.50. The lowest BCUT2D eigenvalue weighted by molar-refractivity contribution is -0.187. The molecule has 3 saturated carbocycles. The van der Waals surface area contributed by atoms with Crippen LogP contribution in [0.2, 0.25) is 0 Å². The van der Waals surface area contributed by atoms with Crippen molar-refractivity contribution >= 4 is 27.8 Å². The Morgan fingerprint density at radius 2 is 1.91 bits per heavy atom. The number of ether oxygens (including phenoxy) is 1. The first kappa shape index (κ1) is 26.3. The van der Waals surface area contributed by atoms with Gasteiger partial charge in [-0.15, -0.1) is 0 Å². The second-order valence-electron chi connectivity index (χ2n) is 11.5. The highest BCUT2D eigenvalue weighted by Crippen LogP contribution is 2.69. The predicted octanol–water partition coefficient (Wildman–Crippen LogP) is 2.47. The van der Waals surface area contributed by atoms with Gasteiger partial charge in [0, 0.05) is 18.3 Å². The molecule has 4 aliphatic carbocycles. The Bertz CT molecular complexity index is 1060. The van der Waals surface area contributed by atoms with E-state index in [0.29, 0.717) is 25.7 Å². The maximum absolute atomic E-state index is 12.6. The number of carbonyl (C=O) groups excluding carboxylic acids is 2. The fourth-order valence-electron chi connectivity index (χ4n) is 8.12. The molecule has 0 spiro atoms. The summed E-state index contributed by atoms with van der Waals surface area (Å²) in [6, 6.07) is 0. The topological polar surface area (TPSA) is 144 Å².